The van der Waals surface area contributed by atoms with E-state index in [9.17, 15) is 4.79 Å². The normalized spacial score (nSPS) is 15.8. The summed E-state index contributed by atoms with van der Waals surface area (Å²) in [5, 5.41) is 14.3. The summed E-state index contributed by atoms with van der Waals surface area (Å²) in [5.74, 6) is 1.66. The van der Waals surface area contributed by atoms with Gasteiger partial charge in [0.05, 0.1) is 32.4 Å². The largest absolute Gasteiger partial charge is 0.497 e. The van der Waals surface area contributed by atoms with E-state index in [1.165, 1.54) is 7.11 Å². The molecule has 0 aliphatic carbocycles. The minimum atomic E-state index is -0.323. The Hall–Kier alpha value is -4.23. The van der Waals surface area contributed by atoms with Crippen molar-refractivity contribution in [1.82, 2.24) is 24.8 Å². The number of fused-ring (bicyclic) bond motifs is 2. The van der Waals surface area contributed by atoms with E-state index in [1.807, 2.05) is 41.3 Å². The minimum Gasteiger partial charge on any atom is -0.497 e. The molecule has 0 amide bonds. The summed E-state index contributed by atoms with van der Waals surface area (Å²) in [5.41, 5.74) is 0.915. The summed E-state index contributed by atoms with van der Waals surface area (Å²) >= 11 is 0. The molecule has 1 aliphatic heterocycles. The fourth-order valence-corrected chi connectivity index (χ4v) is 4.57. The van der Waals surface area contributed by atoms with E-state index < -0.39 is 0 Å². The number of aryl methyl sites for hydroxylation is 1. The van der Waals surface area contributed by atoms with Gasteiger partial charge < -0.3 is 19.7 Å². The summed E-state index contributed by atoms with van der Waals surface area (Å²) in [7, 11) is 3.07. The van der Waals surface area contributed by atoms with Crippen LogP contribution in [0.5, 0.6) is 11.8 Å². The molecule has 3 heterocycles. The molecule has 2 aromatic carbocycles. The van der Waals surface area contributed by atoms with E-state index in [1.54, 1.807) is 18.6 Å². The number of hydrogen-bond acceptors (Lipinski definition) is 9. The van der Waals surface area contributed by atoms with Gasteiger partial charge in [-0.25, -0.2) is 4.98 Å². The Bertz CT molecular complexity index is 1530. The Morgan fingerprint density at radius 3 is 2.74 bits per heavy atom. The molecule has 1 aliphatic rings. The fourth-order valence-electron chi connectivity index (χ4n) is 4.57. The van der Waals surface area contributed by atoms with Crippen LogP contribution in [0, 0.1) is 18.3 Å². The zero-order valence-electron chi connectivity index (χ0n) is 19.8. The number of anilines is 1. The molecule has 0 radical (unpaired) electrons. The zero-order chi connectivity index (χ0) is 24.5. The second-order valence-corrected chi connectivity index (χ2v) is 8.36. The average molecular weight is 472 g/mol. The van der Waals surface area contributed by atoms with Crippen LogP contribution in [0.15, 0.2) is 41.2 Å². The van der Waals surface area contributed by atoms with Gasteiger partial charge in [0.2, 0.25) is 0 Å². The molecule has 5 rings (SSSR count). The van der Waals surface area contributed by atoms with Crippen molar-refractivity contribution in [2.24, 2.45) is 0 Å². The Morgan fingerprint density at radius 1 is 1.14 bits per heavy atom. The third-order valence-corrected chi connectivity index (χ3v) is 6.21. The second-order valence-electron chi connectivity index (χ2n) is 8.36. The molecule has 0 spiro atoms. The quantitative estimate of drug-likeness (QED) is 0.468. The number of nitrogens with one attached hydrogen (secondary N) is 1. The summed E-state index contributed by atoms with van der Waals surface area (Å²) < 4.78 is 12.4. The van der Waals surface area contributed by atoms with E-state index in [0.717, 1.165) is 10.8 Å². The maximum absolute atomic E-state index is 13.9. The highest BCUT2D eigenvalue weighted by atomic mass is 16.5. The smallest absolute Gasteiger partial charge is 0.318 e. The van der Waals surface area contributed by atoms with Crippen LogP contribution in [0.1, 0.15) is 12.2 Å². The molecule has 10 heteroatoms. The number of rotatable bonds is 5. The van der Waals surface area contributed by atoms with Gasteiger partial charge in [-0.05, 0) is 18.4 Å². The Morgan fingerprint density at radius 2 is 1.97 bits per heavy atom. The van der Waals surface area contributed by atoms with E-state index in [4.69, 9.17) is 19.7 Å². The van der Waals surface area contributed by atoms with Gasteiger partial charge in [0, 0.05) is 37.1 Å². The molecule has 2 aromatic heterocycles. The summed E-state index contributed by atoms with van der Waals surface area (Å²) in [6.07, 6.45) is 0.374. The number of piperazine rings is 1. The van der Waals surface area contributed by atoms with E-state index in [2.05, 4.69) is 21.4 Å². The van der Waals surface area contributed by atoms with E-state index in [0.29, 0.717) is 54.7 Å². The topological polar surface area (TPSA) is 118 Å². The SMILES string of the molecule is COc1cc(-n2c(C)nc3c(N4CCN[C@@H](CC#N)C4)nc(OC)nc3c2=O)c2ccccc2c1. The highest BCUT2D eigenvalue weighted by Gasteiger charge is 2.26. The predicted molar refractivity (Wildman–Crippen MR) is 133 cm³/mol. The molecule has 4 aromatic rings. The van der Waals surface area contributed by atoms with Crippen molar-refractivity contribution in [3.05, 3.63) is 52.6 Å². The molecule has 10 nitrogen and oxygen atoms in total. The number of benzene rings is 2. The number of hydrogen-bond donors (Lipinski definition) is 1. The van der Waals surface area contributed by atoms with Gasteiger partial charge in [0.15, 0.2) is 11.3 Å². The van der Waals surface area contributed by atoms with Crippen LogP contribution >= 0.6 is 0 Å². The van der Waals surface area contributed by atoms with Gasteiger partial charge in [-0.2, -0.15) is 15.2 Å². The van der Waals surface area contributed by atoms with E-state index in [-0.39, 0.29) is 23.1 Å². The fraction of sp³-hybridized carbons (Fsp3) is 0.320. The first kappa shape index (κ1) is 22.6. The molecule has 0 bridgehead atoms. The first-order valence-electron chi connectivity index (χ1n) is 11.3. The van der Waals surface area contributed by atoms with Crippen LogP contribution in [-0.4, -0.2) is 59.4 Å². The van der Waals surface area contributed by atoms with Gasteiger partial charge >= 0.3 is 6.01 Å². The molecule has 0 unspecified atom stereocenters. The van der Waals surface area contributed by atoms with Crippen LogP contribution in [0.4, 0.5) is 5.82 Å². The number of methoxy groups -OCH3 is 2. The molecule has 1 fully saturated rings. The van der Waals surface area contributed by atoms with Crippen LogP contribution in [-0.2, 0) is 0 Å². The van der Waals surface area contributed by atoms with Gasteiger partial charge in [-0.3, -0.25) is 9.36 Å². The van der Waals surface area contributed by atoms with E-state index >= 15 is 0 Å². The van der Waals surface area contributed by atoms with Crippen molar-refractivity contribution in [2.45, 2.75) is 19.4 Å². The zero-order valence-corrected chi connectivity index (χ0v) is 19.8. The lowest BCUT2D eigenvalue weighted by Gasteiger charge is -2.33. The van der Waals surface area contributed by atoms with Crippen LogP contribution in [0.25, 0.3) is 27.5 Å². The molecule has 1 N–H and O–H groups in total. The van der Waals surface area contributed by atoms with Gasteiger partial charge in [-0.1, -0.05) is 24.3 Å². The molecular formula is C25H25N7O3. The monoisotopic (exact) mass is 471 g/mol. The second kappa shape index (κ2) is 9.19. The summed E-state index contributed by atoms with van der Waals surface area (Å²) in [6, 6.07) is 13.9. The lowest BCUT2D eigenvalue weighted by Crippen LogP contribution is -2.51. The van der Waals surface area contributed by atoms with Gasteiger partial charge in [0.1, 0.15) is 17.1 Å². The Labute approximate surface area is 201 Å². The molecule has 0 saturated carbocycles. The molecule has 178 valence electrons. The summed E-state index contributed by atoms with van der Waals surface area (Å²) in [4.78, 5) is 29.7. The highest BCUT2D eigenvalue weighted by molar-refractivity contribution is 5.92. The number of nitriles is 1. The van der Waals surface area contributed by atoms with Crippen molar-refractivity contribution >= 4 is 27.6 Å². The molecule has 1 atom stereocenters. The third-order valence-electron chi connectivity index (χ3n) is 6.21. The molecule has 35 heavy (non-hydrogen) atoms. The van der Waals surface area contributed by atoms with Gasteiger partial charge in [0.25, 0.3) is 5.56 Å². The predicted octanol–water partition coefficient (Wildman–Crippen LogP) is 2.35. The van der Waals surface area contributed by atoms with Crippen LogP contribution in [0.3, 0.4) is 0 Å². The standard InChI is InChI=1S/C25H25N7O3/c1-15-28-21-22(29-25(35-3)30-23(21)31-11-10-27-17(14-31)8-9-26)24(33)32(15)20-13-18(34-2)12-16-6-4-5-7-19(16)20/h4-7,12-13,17,27H,8,10-11,14H2,1-3H3/t17-/m0/s1. The maximum atomic E-state index is 13.9. The first-order valence-corrected chi connectivity index (χ1v) is 11.3. The Balaban J connectivity index is 1.75. The lowest BCUT2D eigenvalue weighted by molar-refractivity contribution is 0.380. The van der Waals surface area contributed by atoms with Crippen molar-refractivity contribution in [3.8, 4) is 23.5 Å². The van der Waals surface area contributed by atoms with Crippen molar-refractivity contribution in [3.63, 3.8) is 0 Å². The van der Waals surface area contributed by atoms with Crippen molar-refractivity contribution in [1.29, 1.82) is 5.26 Å². The van der Waals surface area contributed by atoms with Gasteiger partial charge in [-0.15, -0.1) is 0 Å². The summed E-state index contributed by atoms with van der Waals surface area (Å²) in [6.45, 7) is 3.69. The number of aromatic nitrogens is 4. The Kier molecular flexibility index (Phi) is 5.93. The first-order chi connectivity index (χ1) is 17.0. The maximum Gasteiger partial charge on any atom is 0.318 e. The molecular weight excluding hydrogens is 446 g/mol. The highest BCUT2D eigenvalue weighted by Crippen LogP contribution is 2.30. The number of nitrogens with zero attached hydrogens (tertiary/aromatic N) is 6. The van der Waals surface area contributed by atoms with Crippen LogP contribution < -0.4 is 25.2 Å². The van der Waals surface area contributed by atoms with Crippen LogP contribution in [0.2, 0.25) is 0 Å². The molecule has 1 saturated heterocycles. The van der Waals surface area contributed by atoms with Crippen molar-refractivity contribution in [2.75, 3.05) is 38.8 Å². The van der Waals surface area contributed by atoms with Crippen molar-refractivity contribution < 1.29 is 9.47 Å². The average Bonchev–Trinajstić information content (AvgIpc) is 2.88. The lowest BCUT2D eigenvalue weighted by atomic mass is 10.1. The third kappa shape index (κ3) is 4.00. The number of ether oxygens (including phenoxy) is 2. The minimum absolute atomic E-state index is 0.00521.